The molecule has 0 saturated carbocycles. The molecule has 2 rings (SSSR count). The Balaban J connectivity index is 1.83. The van der Waals surface area contributed by atoms with Gasteiger partial charge in [-0.3, -0.25) is 30.6 Å². The SMILES string of the molecule is CCOc1ccccc1CCC(=O)NNC(=O)c1ccc([N+](=O)[O-])cc1. The zero-order valence-corrected chi connectivity index (χ0v) is 14.2. The Kier molecular flexibility index (Phi) is 6.67. The summed E-state index contributed by atoms with van der Waals surface area (Å²) in [4.78, 5) is 33.9. The quantitative estimate of drug-likeness (QED) is 0.584. The molecule has 0 aromatic heterocycles. The first kappa shape index (κ1) is 18.9. The van der Waals surface area contributed by atoms with Gasteiger partial charge in [0.05, 0.1) is 11.5 Å². The number of non-ortho nitro benzene ring substituents is 1. The topological polar surface area (TPSA) is 111 Å². The summed E-state index contributed by atoms with van der Waals surface area (Å²) in [6.07, 6.45) is 0.639. The number of rotatable bonds is 7. The van der Waals surface area contributed by atoms with Gasteiger partial charge in [-0.15, -0.1) is 0 Å². The second-order valence-corrected chi connectivity index (χ2v) is 5.35. The zero-order valence-electron chi connectivity index (χ0n) is 14.2. The lowest BCUT2D eigenvalue weighted by Crippen LogP contribution is -2.41. The molecule has 0 spiro atoms. The minimum atomic E-state index is -0.553. The van der Waals surface area contributed by atoms with Crippen LogP contribution < -0.4 is 15.6 Å². The van der Waals surface area contributed by atoms with Crippen LogP contribution in [0.25, 0.3) is 0 Å². The van der Waals surface area contributed by atoms with E-state index in [1.807, 2.05) is 31.2 Å². The highest BCUT2D eigenvalue weighted by Gasteiger charge is 2.11. The molecule has 0 atom stereocenters. The lowest BCUT2D eigenvalue weighted by Gasteiger charge is -2.10. The van der Waals surface area contributed by atoms with Crippen LogP contribution in [0.5, 0.6) is 5.75 Å². The van der Waals surface area contributed by atoms with Crippen molar-refractivity contribution in [3.63, 3.8) is 0 Å². The summed E-state index contributed by atoms with van der Waals surface area (Å²) in [6, 6.07) is 12.5. The molecular formula is C18H19N3O5. The van der Waals surface area contributed by atoms with Crippen LogP contribution in [0, 0.1) is 10.1 Å². The number of nitrogens with zero attached hydrogens (tertiary/aromatic N) is 1. The van der Waals surface area contributed by atoms with Crippen LogP contribution in [0.1, 0.15) is 29.3 Å². The molecule has 0 aliphatic carbocycles. The number of para-hydroxylation sites is 1. The van der Waals surface area contributed by atoms with E-state index in [0.717, 1.165) is 11.3 Å². The van der Waals surface area contributed by atoms with Gasteiger partial charge >= 0.3 is 0 Å². The Morgan fingerprint density at radius 1 is 1.08 bits per heavy atom. The Morgan fingerprint density at radius 2 is 1.77 bits per heavy atom. The van der Waals surface area contributed by atoms with E-state index in [0.29, 0.717) is 13.0 Å². The second-order valence-electron chi connectivity index (χ2n) is 5.35. The van der Waals surface area contributed by atoms with Gasteiger partial charge in [0.2, 0.25) is 5.91 Å². The van der Waals surface area contributed by atoms with Crippen molar-refractivity contribution in [2.24, 2.45) is 0 Å². The normalized spacial score (nSPS) is 10.0. The summed E-state index contributed by atoms with van der Waals surface area (Å²) < 4.78 is 5.50. The van der Waals surface area contributed by atoms with E-state index in [-0.39, 0.29) is 23.6 Å². The molecule has 0 aliphatic heterocycles. The predicted molar refractivity (Wildman–Crippen MR) is 94.6 cm³/mol. The summed E-state index contributed by atoms with van der Waals surface area (Å²) in [5.41, 5.74) is 5.61. The van der Waals surface area contributed by atoms with Crippen LogP contribution in [0.2, 0.25) is 0 Å². The Bertz CT molecular complexity index is 790. The molecule has 8 heteroatoms. The lowest BCUT2D eigenvalue weighted by molar-refractivity contribution is -0.384. The van der Waals surface area contributed by atoms with Crippen molar-refractivity contribution in [1.82, 2.24) is 10.9 Å². The van der Waals surface area contributed by atoms with Gasteiger partial charge in [0.15, 0.2) is 0 Å². The van der Waals surface area contributed by atoms with Gasteiger partial charge < -0.3 is 4.74 Å². The molecule has 8 nitrogen and oxygen atoms in total. The third kappa shape index (κ3) is 5.30. The molecule has 2 aromatic carbocycles. The maximum Gasteiger partial charge on any atom is 0.269 e. The van der Waals surface area contributed by atoms with Gasteiger partial charge in [-0.25, -0.2) is 0 Å². The number of carbonyl (C=O) groups is 2. The summed E-state index contributed by atoms with van der Waals surface area (Å²) in [5, 5.41) is 10.6. The van der Waals surface area contributed by atoms with Crippen molar-refractivity contribution in [2.75, 3.05) is 6.61 Å². The van der Waals surface area contributed by atoms with Gasteiger partial charge in [0.25, 0.3) is 11.6 Å². The average molecular weight is 357 g/mol. The first-order chi connectivity index (χ1) is 12.5. The van der Waals surface area contributed by atoms with Crippen molar-refractivity contribution < 1.29 is 19.2 Å². The van der Waals surface area contributed by atoms with Crippen molar-refractivity contribution in [3.8, 4) is 5.75 Å². The van der Waals surface area contributed by atoms with Gasteiger partial charge in [0.1, 0.15) is 5.75 Å². The van der Waals surface area contributed by atoms with Crippen LogP contribution >= 0.6 is 0 Å². The summed E-state index contributed by atoms with van der Waals surface area (Å²) in [6.45, 7) is 2.42. The summed E-state index contributed by atoms with van der Waals surface area (Å²) in [5.74, 6) is -0.174. The van der Waals surface area contributed by atoms with Gasteiger partial charge in [-0.2, -0.15) is 0 Å². The van der Waals surface area contributed by atoms with Gasteiger partial charge in [0, 0.05) is 24.1 Å². The number of carbonyl (C=O) groups excluding carboxylic acids is 2. The standard InChI is InChI=1S/C18H19N3O5/c1-2-26-16-6-4-3-5-13(16)9-12-17(22)19-20-18(23)14-7-10-15(11-8-14)21(24)25/h3-8,10-11H,2,9,12H2,1H3,(H,19,22)(H,20,23). The minimum Gasteiger partial charge on any atom is -0.494 e. The number of benzene rings is 2. The van der Waals surface area contributed by atoms with Crippen LogP contribution in [0.4, 0.5) is 5.69 Å². The Hall–Kier alpha value is -3.42. The molecule has 136 valence electrons. The third-order valence-corrected chi connectivity index (χ3v) is 3.55. The minimum absolute atomic E-state index is 0.112. The smallest absolute Gasteiger partial charge is 0.269 e. The molecule has 26 heavy (non-hydrogen) atoms. The van der Waals surface area contributed by atoms with Gasteiger partial charge in [-0.05, 0) is 37.1 Å². The summed E-state index contributed by atoms with van der Waals surface area (Å²) >= 11 is 0. The van der Waals surface area contributed by atoms with Crippen LogP contribution in [-0.4, -0.2) is 23.3 Å². The highest BCUT2D eigenvalue weighted by Crippen LogP contribution is 2.19. The van der Waals surface area contributed by atoms with E-state index < -0.39 is 10.8 Å². The molecule has 0 bridgehead atoms. The Labute approximate surface area is 150 Å². The molecule has 0 saturated heterocycles. The largest absolute Gasteiger partial charge is 0.494 e. The first-order valence-electron chi connectivity index (χ1n) is 8.05. The van der Waals surface area contributed by atoms with Crippen molar-refractivity contribution >= 4 is 17.5 Å². The molecule has 0 unspecified atom stereocenters. The number of nitrogens with one attached hydrogen (secondary N) is 2. The number of aryl methyl sites for hydroxylation is 1. The maximum absolute atomic E-state index is 11.9. The van der Waals surface area contributed by atoms with Crippen molar-refractivity contribution in [3.05, 3.63) is 69.8 Å². The first-order valence-corrected chi connectivity index (χ1v) is 8.05. The molecule has 2 aromatic rings. The van der Waals surface area contributed by atoms with Crippen LogP contribution in [0.15, 0.2) is 48.5 Å². The van der Waals surface area contributed by atoms with Crippen LogP contribution in [0.3, 0.4) is 0 Å². The lowest BCUT2D eigenvalue weighted by atomic mass is 10.1. The van der Waals surface area contributed by atoms with Crippen molar-refractivity contribution in [1.29, 1.82) is 0 Å². The molecule has 0 fully saturated rings. The van der Waals surface area contributed by atoms with E-state index in [1.54, 1.807) is 0 Å². The zero-order chi connectivity index (χ0) is 18.9. The molecular weight excluding hydrogens is 338 g/mol. The fourth-order valence-electron chi connectivity index (χ4n) is 2.25. The highest BCUT2D eigenvalue weighted by molar-refractivity contribution is 5.95. The fraction of sp³-hybridized carbons (Fsp3) is 0.222. The number of hydrazine groups is 1. The second kappa shape index (κ2) is 9.16. The monoisotopic (exact) mass is 357 g/mol. The fourth-order valence-corrected chi connectivity index (χ4v) is 2.25. The molecule has 0 aliphatic rings. The predicted octanol–water partition coefficient (Wildman–Crippen LogP) is 2.39. The van der Waals surface area contributed by atoms with Crippen LogP contribution in [-0.2, 0) is 11.2 Å². The van der Waals surface area contributed by atoms with Crippen molar-refractivity contribution in [2.45, 2.75) is 19.8 Å². The Morgan fingerprint density at radius 3 is 2.42 bits per heavy atom. The number of hydrogen-bond donors (Lipinski definition) is 2. The molecule has 0 heterocycles. The molecule has 2 N–H and O–H groups in total. The number of amides is 2. The number of hydrogen-bond acceptors (Lipinski definition) is 5. The number of nitro benzene ring substituents is 1. The molecule has 2 amide bonds. The molecule has 0 radical (unpaired) electrons. The highest BCUT2D eigenvalue weighted by atomic mass is 16.6. The number of ether oxygens (including phenoxy) is 1. The van der Waals surface area contributed by atoms with E-state index in [9.17, 15) is 19.7 Å². The van der Waals surface area contributed by atoms with E-state index in [4.69, 9.17) is 4.74 Å². The van der Waals surface area contributed by atoms with E-state index in [1.165, 1.54) is 24.3 Å². The summed E-state index contributed by atoms with van der Waals surface area (Å²) in [7, 11) is 0. The van der Waals surface area contributed by atoms with E-state index in [2.05, 4.69) is 10.9 Å². The van der Waals surface area contributed by atoms with Gasteiger partial charge in [-0.1, -0.05) is 18.2 Å². The number of nitro groups is 1. The third-order valence-electron chi connectivity index (χ3n) is 3.55. The maximum atomic E-state index is 11.9. The average Bonchev–Trinajstić information content (AvgIpc) is 2.65. The van der Waals surface area contributed by atoms with E-state index >= 15 is 0 Å².